The topological polar surface area (TPSA) is 40.9 Å². The van der Waals surface area contributed by atoms with Crippen molar-refractivity contribution >= 4 is 36.2 Å². The van der Waals surface area contributed by atoms with Gasteiger partial charge in [0.05, 0.1) is 6.07 Å². The Morgan fingerprint density at radius 3 is 2.73 bits per heavy atom. The molecule has 74 valence electrons. The van der Waals surface area contributed by atoms with E-state index in [4.69, 9.17) is 5.26 Å². The molecule has 0 spiro atoms. The predicted octanol–water partition coefficient (Wildman–Crippen LogP) is 2.78. The molecule has 0 saturated heterocycles. The Kier molecular flexibility index (Phi) is 2.73. The lowest BCUT2D eigenvalue weighted by molar-refractivity contribution is 0.112. The predicted molar refractivity (Wildman–Crippen MR) is 64.7 cm³/mol. The van der Waals surface area contributed by atoms with Crippen LogP contribution in [0.15, 0.2) is 22.7 Å². The SMILES string of the molecule is N#CC1(c2cc(Br)cc(C=O)c2)C=PC1. The summed E-state index contributed by atoms with van der Waals surface area (Å²) in [5.74, 6) is 1.98. The molecule has 0 N–H and O–H groups in total. The van der Waals surface area contributed by atoms with Crippen molar-refractivity contribution < 1.29 is 4.79 Å². The molecule has 4 heteroatoms. The summed E-state index contributed by atoms with van der Waals surface area (Å²) in [4.78, 5) is 10.7. The van der Waals surface area contributed by atoms with Crippen molar-refractivity contribution in [2.24, 2.45) is 0 Å². The first-order chi connectivity index (χ1) is 7.20. The van der Waals surface area contributed by atoms with Gasteiger partial charge in [-0.3, -0.25) is 4.79 Å². The van der Waals surface area contributed by atoms with Crippen molar-refractivity contribution in [1.29, 1.82) is 5.26 Å². The average Bonchev–Trinajstić information content (AvgIpc) is 2.16. The molecule has 15 heavy (non-hydrogen) atoms. The van der Waals surface area contributed by atoms with E-state index in [2.05, 4.69) is 22.0 Å². The van der Waals surface area contributed by atoms with E-state index in [0.29, 0.717) is 5.56 Å². The number of nitriles is 1. The van der Waals surface area contributed by atoms with Crippen LogP contribution in [0.25, 0.3) is 0 Å². The Morgan fingerprint density at radius 2 is 2.27 bits per heavy atom. The van der Waals surface area contributed by atoms with Crippen LogP contribution in [0.2, 0.25) is 0 Å². The molecule has 1 aromatic carbocycles. The number of benzene rings is 1. The second-order valence-corrected chi connectivity index (χ2v) is 5.30. The first-order valence-corrected chi connectivity index (χ1v) is 6.33. The van der Waals surface area contributed by atoms with E-state index in [9.17, 15) is 4.79 Å². The van der Waals surface area contributed by atoms with Gasteiger partial charge in [-0.2, -0.15) is 5.26 Å². The van der Waals surface area contributed by atoms with E-state index in [-0.39, 0.29) is 0 Å². The zero-order valence-corrected chi connectivity index (χ0v) is 10.3. The number of carbonyl (C=O) groups is 1. The van der Waals surface area contributed by atoms with E-state index in [0.717, 1.165) is 22.5 Å². The third-order valence-corrected chi connectivity index (χ3v) is 4.19. The summed E-state index contributed by atoms with van der Waals surface area (Å²) in [6.45, 7) is 0. The molecule has 0 aliphatic carbocycles. The van der Waals surface area contributed by atoms with Gasteiger partial charge in [-0.25, -0.2) is 0 Å². The average molecular weight is 280 g/mol. The van der Waals surface area contributed by atoms with Crippen LogP contribution in [0.1, 0.15) is 15.9 Å². The summed E-state index contributed by atoms with van der Waals surface area (Å²) in [5.41, 5.74) is 1.02. The summed E-state index contributed by atoms with van der Waals surface area (Å²) in [7, 11) is 1.19. The van der Waals surface area contributed by atoms with Gasteiger partial charge in [0.25, 0.3) is 0 Å². The Bertz CT molecular complexity index is 492. The highest BCUT2D eigenvalue weighted by atomic mass is 79.9. The van der Waals surface area contributed by atoms with Gasteiger partial charge in [-0.05, 0) is 29.6 Å². The lowest BCUT2D eigenvalue weighted by Crippen LogP contribution is -2.33. The smallest absolute Gasteiger partial charge is 0.150 e. The van der Waals surface area contributed by atoms with Crippen LogP contribution in [0.5, 0.6) is 0 Å². The number of halogens is 1. The quantitative estimate of drug-likeness (QED) is 0.617. The van der Waals surface area contributed by atoms with Crippen LogP contribution in [-0.4, -0.2) is 18.2 Å². The molecule has 0 fully saturated rings. The molecule has 2 nitrogen and oxygen atoms in total. The summed E-state index contributed by atoms with van der Waals surface area (Å²) in [5, 5.41) is 9.16. The van der Waals surface area contributed by atoms with Gasteiger partial charge in [0.1, 0.15) is 11.7 Å². The minimum Gasteiger partial charge on any atom is -0.298 e. The lowest BCUT2D eigenvalue weighted by atomic mass is 9.84. The number of aldehydes is 1. The van der Waals surface area contributed by atoms with Crippen LogP contribution in [-0.2, 0) is 5.41 Å². The number of nitrogens with zero attached hydrogens (tertiary/aromatic N) is 1. The van der Waals surface area contributed by atoms with E-state index >= 15 is 0 Å². The molecular formula is C11H7BrNOP. The number of rotatable bonds is 2. The molecule has 1 aliphatic rings. The minimum absolute atomic E-state index is 0.483. The molecule has 0 aromatic heterocycles. The Hall–Kier alpha value is -0.970. The molecule has 2 rings (SSSR count). The van der Waals surface area contributed by atoms with Crippen LogP contribution in [0.4, 0.5) is 0 Å². The van der Waals surface area contributed by atoms with Crippen molar-refractivity contribution in [3.05, 3.63) is 33.8 Å². The van der Waals surface area contributed by atoms with Gasteiger partial charge in [0, 0.05) is 16.2 Å². The Labute approximate surface area is 97.8 Å². The maximum absolute atomic E-state index is 10.7. The van der Waals surface area contributed by atoms with E-state index in [1.807, 2.05) is 11.9 Å². The molecule has 0 saturated carbocycles. The largest absolute Gasteiger partial charge is 0.298 e. The Balaban J connectivity index is 2.54. The second kappa shape index (κ2) is 3.89. The Morgan fingerprint density at radius 1 is 1.53 bits per heavy atom. The fraction of sp³-hybridized carbons (Fsp3) is 0.182. The highest BCUT2D eigenvalue weighted by Crippen LogP contribution is 2.36. The molecule has 1 atom stereocenters. The van der Waals surface area contributed by atoms with Crippen LogP contribution >= 0.6 is 24.1 Å². The van der Waals surface area contributed by atoms with Crippen LogP contribution < -0.4 is 0 Å². The second-order valence-electron chi connectivity index (χ2n) is 3.44. The van der Waals surface area contributed by atoms with Crippen LogP contribution in [0, 0.1) is 11.3 Å². The normalized spacial score (nSPS) is 24.0. The van der Waals surface area contributed by atoms with Crippen molar-refractivity contribution in [2.75, 3.05) is 6.16 Å². The molecule has 0 bridgehead atoms. The van der Waals surface area contributed by atoms with Crippen molar-refractivity contribution in [3.8, 4) is 6.07 Å². The summed E-state index contributed by atoms with van der Waals surface area (Å²) >= 11 is 3.34. The van der Waals surface area contributed by atoms with Gasteiger partial charge in [-0.15, -0.1) is 8.20 Å². The van der Waals surface area contributed by atoms with Gasteiger partial charge in [-0.1, -0.05) is 15.9 Å². The standard InChI is InChI=1S/C11H7BrNOP/c12-10-2-8(4-14)1-9(3-10)11(5-13)6-15-7-11/h1-4,6H,7H2. The molecule has 1 unspecified atom stereocenters. The molecule has 1 aromatic rings. The summed E-state index contributed by atoms with van der Waals surface area (Å²) < 4.78 is 0.841. The zero-order chi connectivity index (χ0) is 10.9. The molecule has 0 amide bonds. The maximum atomic E-state index is 10.7. The van der Waals surface area contributed by atoms with E-state index in [1.54, 1.807) is 12.1 Å². The van der Waals surface area contributed by atoms with Gasteiger partial charge >= 0.3 is 0 Å². The zero-order valence-electron chi connectivity index (χ0n) is 7.77. The summed E-state index contributed by atoms with van der Waals surface area (Å²) in [6, 6.07) is 7.75. The highest BCUT2D eigenvalue weighted by molar-refractivity contribution is 9.10. The molecule has 0 radical (unpaired) electrons. The summed E-state index contributed by atoms with van der Waals surface area (Å²) in [6.07, 6.45) is 1.62. The first kappa shape index (κ1) is 10.5. The highest BCUT2D eigenvalue weighted by Gasteiger charge is 2.34. The number of hydrogen-bond donors (Lipinski definition) is 0. The van der Waals surface area contributed by atoms with E-state index < -0.39 is 5.41 Å². The third kappa shape index (κ3) is 1.76. The molecule has 1 aliphatic heterocycles. The first-order valence-electron chi connectivity index (χ1n) is 4.39. The number of hydrogen-bond acceptors (Lipinski definition) is 2. The van der Waals surface area contributed by atoms with Crippen molar-refractivity contribution in [1.82, 2.24) is 0 Å². The molecule has 1 heterocycles. The maximum Gasteiger partial charge on any atom is 0.150 e. The molecular weight excluding hydrogens is 273 g/mol. The van der Waals surface area contributed by atoms with Gasteiger partial charge in [0.15, 0.2) is 0 Å². The third-order valence-electron chi connectivity index (χ3n) is 2.42. The minimum atomic E-state index is -0.483. The van der Waals surface area contributed by atoms with Crippen LogP contribution in [0.3, 0.4) is 0 Å². The number of carbonyl (C=O) groups excluding carboxylic acids is 1. The fourth-order valence-corrected chi connectivity index (χ4v) is 3.03. The van der Waals surface area contributed by atoms with Gasteiger partial charge in [0.2, 0.25) is 0 Å². The fourth-order valence-electron chi connectivity index (χ4n) is 1.51. The van der Waals surface area contributed by atoms with Crippen molar-refractivity contribution in [3.63, 3.8) is 0 Å². The van der Waals surface area contributed by atoms with E-state index in [1.165, 1.54) is 8.20 Å². The van der Waals surface area contributed by atoms with Crippen molar-refractivity contribution in [2.45, 2.75) is 5.41 Å². The monoisotopic (exact) mass is 279 g/mol. The lowest BCUT2D eigenvalue weighted by Gasteiger charge is -2.28. The van der Waals surface area contributed by atoms with Gasteiger partial charge < -0.3 is 0 Å².